The summed E-state index contributed by atoms with van der Waals surface area (Å²) in [5.74, 6) is -1.04. The van der Waals surface area contributed by atoms with E-state index in [0.717, 1.165) is 9.35 Å². The van der Waals surface area contributed by atoms with E-state index in [4.69, 9.17) is 5.11 Å². The lowest BCUT2D eigenvalue weighted by Gasteiger charge is -2.04. The van der Waals surface area contributed by atoms with Crippen molar-refractivity contribution in [3.63, 3.8) is 0 Å². The normalized spacial score (nSPS) is 10.2. The van der Waals surface area contributed by atoms with Gasteiger partial charge in [-0.2, -0.15) is 0 Å². The van der Waals surface area contributed by atoms with Gasteiger partial charge in [-0.1, -0.05) is 12.1 Å². The summed E-state index contributed by atoms with van der Waals surface area (Å²) in [7, 11) is 0. The first-order valence-electron chi connectivity index (χ1n) is 5.91. The third-order valence-corrected chi connectivity index (χ3v) is 4.23. The SMILES string of the molecule is O=C(O)c1ccc(CCNC(=O)c2csc(Br)c2)cc1. The molecule has 1 heterocycles. The van der Waals surface area contributed by atoms with E-state index in [1.807, 2.05) is 0 Å². The Kier molecular flexibility index (Phi) is 4.92. The number of halogens is 1. The molecule has 0 fully saturated rings. The molecule has 20 heavy (non-hydrogen) atoms. The van der Waals surface area contributed by atoms with E-state index in [2.05, 4.69) is 21.2 Å². The van der Waals surface area contributed by atoms with Crippen molar-refractivity contribution in [1.29, 1.82) is 0 Å². The molecule has 0 aliphatic heterocycles. The lowest BCUT2D eigenvalue weighted by molar-refractivity contribution is 0.0696. The number of thiophene rings is 1. The molecule has 0 spiro atoms. The second kappa shape index (κ2) is 6.67. The smallest absolute Gasteiger partial charge is 0.335 e. The minimum atomic E-state index is -0.937. The number of aromatic carboxylic acids is 1. The van der Waals surface area contributed by atoms with Crippen molar-refractivity contribution in [1.82, 2.24) is 5.32 Å². The summed E-state index contributed by atoms with van der Waals surface area (Å²) in [4.78, 5) is 22.5. The molecule has 6 heteroatoms. The Bertz CT molecular complexity index is 622. The van der Waals surface area contributed by atoms with Crippen LogP contribution in [0.25, 0.3) is 0 Å². The van der Waals surface area contributed by atoms with Gasteiger partial charge in [0.05, 0.1) is 14.9 Å². The highest BCUT2D eigenvalue weighted by molar-refractivity contribution is 9.11. The highest BCUT2D eigenvalue weighted by Crippen LogP contribution is 2.20. The summed E-state index contributed by atoms with van der Waals surface area (Å²) < 4.78 is 0.923. The zero-order valence-electron chi connectivity index (χ0n) is 10.4. The van der Waals surface area contributed by atoms with Crippen LogP contribution in [0.3, 0.4) is 0 Å². The van der Waals surface area contributed by atoms with Crippen LogP contribution in [0.5, 0.6) is 0 Å². The molecule has 1 aromatic carbocycles. The van der Waals surface area contributed by atoms with Crippen LogP contribution in [0.2, 0.25) is 0 Å². The topological polar surface area (TPSA) is 66.4 Å². The van der Waals surface area contributed by atoms with Crippen molar-refractivity contribution in [3.05, 3.63) is 56.2 Å². The van der Waals surface area contributed by atoms with E-state index in [1.165, 1.54) is 11.3 Å². The molecular weight excluding hydrogens is 342 g/mol. The Morgan fingerprint density at radius 2 is 1.90 bits per heavy atom. The van der Waals surface area contributed by atoms with Crippen LogP contribution >= 0.6 is 27.3 Å². The van der Waals surface area contributed by atoms with Gasteiger partial charge in [0, 0.05) is 11.9 Å². The van der Waals surface area contributed by atoms with Gasteiger partial charge in [0.1, 0.15) is 0 Å². The third kappa shape index (κ3) is 3.91. The zero-order chi connectivity index (χ0) is 14.5. The standard InChI is InChI=1S/C14H12BrNO3S/c15-12-7-11(8-20-12)13(17)16-6-5-9-1-3-10(4-2-9)14(18)19/h1-4,7-8H,5-6H2,(H,16,17)(H,18,19). The van der Waals surface area contributed by atoms with Gasteiger partial charge in [0.25, 0.3) is 5.91 Å². The minimum Gasteiger partial charge on any atom is -0.478 e. The summed E-state index contributed by atoms with van der Waals surface area (Å²) in [6.45, 7) is 0.513. The molecule has 0 saturated carbocycles. The Hall–Kier alpha value is -1.66. The van der Waals surface area contributed by atoms with E-state index in [-0.39, 0.29) is 11.5 Å². The van der Waals surface area contributed by atoms with Crippen LogP contribution < -0.4 is 5.32 Å². The van der Waals surface area contributed by atoms with Gasteiger partial charge < -0.3 is 10.4 Å². The lowest BCUT2D eigenvalue weighted by atomic mass is 10.1. The molecule has 2 N–H and O–H groups in total. The van der Waals surface area contributed by atoms with Gasteiger partial charge in [-0.25, -0.2) is 4.79 Å². The summed E-state index contributed by atoms with van der Waals surface area (Å²) in [5, 5.41) is 13.4. The first kappa shape index (κ1) is 14.7. The van der Waals surface area contributed by atoms with Crippen LogP contribution in [-0.4, -0.2) is 23.5 Å². The monoisotopic (exact) mass is 353 g/mol. The van der Waals surface area contributed by atoms with Crippen molar-refractivity contribution < 1.29 is 14.7 Å². The number of benzene rings is 1. The number of carbonyl (C=O) groups is 2. The van der Waals surface area contributed by atoms with E-state index >= 15 is 0 Å². The maximum atomic E-state index is 11.8. The summed E-state index contributed by atoms with van der Waals surface area (Å²) in [6, 6.07) is 8.43. The fourth-order valence-corrected chi connectivity index (χ4v) is 2.80. The maximum absolute atomic E-state index is 11.8. The predicted molar refractivity (Wildman–Crippen MR) is 81.5 cm³/mol. The van der Waals surface area contributed by atoms with Gasteiger partial charge in [-0.3, -0.25) is 4.79 Å². The summed E-state index contributed by atoms with van der Waals surface area (Å²) >= 11 is 4.78. The molecule has 1 aromatic heterocycles. The molecule has 0 atom stereocenters. The summed E-state index contributed by atoms with van der Waals surface area (Å²) in [6.07, 6.45) is 0.664. The minimum absolute atomic E-state index is 0.103. The number of carboxylic acids is 1. The predicted octanol–water partition coefficient (Wildman–Crippen LogP) is 3.18. The second-order valence-corrected chi connectivity index (χ2v) is 6.44. The van der Waals surface area contributed by atoms with Crippen molar-refractivity contribution in [2.24, 2.45) is 0 Å². The fourth-order valence-electron chi connectivity index (χ4n) is 1.67. The van der Waals surface area contributed by atoms with Crippen molar-refractivity contribution in [3.8, 4) is 0 Å². The van der Waals surface area contributed by atoms with E-state index < -0.39 is 5.97 Å². The molecule has 2 aromatic rings. The molecule has 0 radical (unpaired) electrons. The maximum Gasteiger partial charge on any atom is 0.335 e. The van der Waals surface area contributed by atoms with Crippen molar-refractivity contribution >= 4 is 39.1 Å². The molecule has 0 aliphatic rings. The number of nitrogens with one attached hydrogen (secondary N) is 1. The number of hydrogen-bond acceptors (Lipinski definition) is 3. The molecule has 0 saturated heterocycles. The van der Waals surface area contributed by atoms with Crippen LogP contribution in [0.15, 0.2) is 39.5 Å². The molecule has 0 unspecified atom stereocenters. The average molecular weight is 354 g/mol. The average Bonchev–Trinajstić information content (AvgIpc) is 2.86. The Morgan fingerprint density at radius 1 is 1.20 bits per heavy atom. The zero-order valence-corrected chi connectivity index (χ0v) is 12.8. The largest absolute Gasteiger partial charge is 0.478 e. The fraction of sp³-hybridized carbons (Fsp3) is 0.143. The quantitative estimate of drug-likeness (QED) is 0.867. The van der Waals surface area contributed by atoms with Crippen LogP contribution in [0.1, 0.15) is 26.3 Å². The van der Waals surface area contributed by atoms with Gasteiger partial charge in [-0.15, -0.1) is 11.3 Å². The van der Waals surface area contributed by atoms with Gasteiger partial charge in [0.15, 0.2) is 0 Å². The molecule has 1 amide bonds. The summed E-state index contributed by atoms with van der Waals surface area (Å²) in [5.41, 5.74) is 1.89. The Balaban J connectivity index is 1.83. The van der Waals surface area contributed by atoms with Crippen LogP contribution in [0, 0.1) is 0 Å². The molecule has 104 valence electrons. The Morgan fingerprint density at radius 3 is 2.45 bits per heavy atom. The molecule has 2 rings (SSSR count). The van der Waals surface area contributed by atoms with Crippen molar-refractivity contribution in [2.75, 3.05) is 6.54 Å². The lowest BCUT2D eigenvalue weighted by Crippen LogP contribution is -2.25. The van der Waals surface area contributed by atoms with Gasteiger partial charge in [-0.05, 0) is 46.1 Å². The number of carbonyl (C=O) groups excluding carboxylic acids is 1. The van der Waals surface area contributed by atoms with Crippen LogP contribution in [0.4, 0.5) is 0 Å². The van der Waals surface area contributed by atoms with E-state index in [1.54, 1.807) is 35.7 Å². The van der Waals surface area contributed by atoms with Gasteiger partial charge in [0.2, 0.25) is 0 Å². The molecule has 0 aliphatic carbocycles. The number of rotatable bonds is 5. The first-order valence-corrected chi connectivity index (χ1v) is 7.58. The highest BCUT2D eigenvalue weighted by Gasteiger charge is 2.07. The third-order valence-electron chi connectivity index (χ3n) is 2.73. The number of carboxylic acid groups (broad SMARTS) is 1. The van der Waals surface area contributed by atoms with Gasteiger partial charge >= 0.3 is 5.97 Å². The van der Waals surface area contributed by atoms with Crippen molar-refractivity contribution in [2.45, 2.75) is 6.42 Å². The van der Waals surface area contributed by atoms with E-state index in [0.29, 0.717) is 18.5 Å². The van der Waals surface area contributed by atoms with E-state index in [9.17, 15) is 9.59 Å². The molecule has 4 nitrogen and oxygen atoms in total. The number of amides is 1. The molecular formula is C14H12BrNO3S. The molecule has 0 bridgehead atoms. The first-order chi connectivity index (χ1) is 9.56. The second-order valence-electron chi connectivity index (χ2n) is 4.15. The number of hydrogen-bond donors (Lipinski definition) is 2. The Labute approximate surface area is 128 Å². The van der Waals surface area contributed by atoms with Crippen LogP contribution in [-0.2, 0) is 6.42 Å². The highest BCUT2D eigenvalue weighted by atomic mass is 79.9.